The Kier molecular flexibility index (Phi) is 7.55. The highest BCUT2D eigenvalue weighted by molar-refractivity contribution is 7.12. The molecule has 4 heterocycles. The Morgan fingerprint density at radius 2 is 1.85 bits per heavy atom. The third kappa shape index (κ3) is 5.22. The van der Waals surface area contributed by atoms with Gasteiger partial charge in [-0.2, -0.15) is 0 Å². The molecule has 3 aromatic heterocycles. The summed E-state index contributed by atoms with van der Waals surface area (Å²) in [6, 6.07) is 13.7. The second-order valence-electron chi connectivity index (χ2n) is 11.3. The van der Waals surface area contributed by atoms with Crippen molar-refractivity contribution in [2.24, 2.45) is 5.73 Å². The van der Waals surface area contributed by atoms with E-state index in [4.69, 9.17) is 25.0 Å². The molecular weight excluding hydrogens is 626 g/mol. The van der Waals surface area contributed by atoms with E-state index in [1.165, 1.54) is 29.4 Å². The lowest BCUT2D eigenvalue weighted by atomic mass is 9.99. The van der Waals surface area contributed by atoms with Crippen molar-refractivity contribution in [2.75, 3.05) is 12.0 Å². The second kappa shape index (κ2) is 11.7. The van der Waals surface area contributed by atoms with Crippen molar-refractivity contribution in [1.29, 1.82) is 0 Å². The largest absolute Gasteiger partial charge is 0.496 e. The maximum absolute atomic E-state index is 14.4. The molecule has 47 heavy (non-hydrogen) atoms. The molecule has 0 spiro atoms. The lowest BCUT2D eigenvalue weighted by molar-refractivity contribution is -0.120. The molecule has 0 radical (unpaired) electrons. The number of carbonyl (C=O) groups is 2. The number of aromatic nitrogens is 4. The van der Waals surface area contributed by atoms with E-state index in [-0.39, 0.29) is 23.6 Å². The zero-order valence-corrected chi connectivity index (χ0v) is 26.4. The predicted molar refractivity (Wildman–Crippen MR) is 173 cm³/mol. The van der Waals surface area contributed by atoms with E-state index in [1.807, 2.05) is 42.0 Å². The van der Waals surface area contributed by atoms with Gasteiger partial charge >= 0.3 is 0 Å². The highest BCUT2D eigenvalue weighted by atomic mass is 32.1. The summed E-state index contributed by atoms with van der Waals surface area (Å²) in [6.45, 7) is 3.72. The minimum Gasteiger partial charge on any atom is -0.496 e. The van der Waals surface area contributed by atoms with Crippen LogP contribution in [0.15, 0.2) is 64.5 Å². The van der Waals surface area contributed by atoms with E-state index >= 15 is 0 Å². The fraction of sp³-hybridized carbons (Fsp3) is 0.206. The summed E-state index contributed by atoms with van der Waals surface area (Å²) >= 11 is 1.37. The van der Waals surface area contributed by atoms with Crippen LogP contribution < -0.4 is 15.4 Å². The molecule has 0 bridgehead atoms. The zero-order chi connectivity index (χ0) is 33.0. The molecule has 1 saturated heterocycles. The highest BCUT2D eigenvalue weighted by Crippen LogP contribution is 2.40. The molecule has 10 nitrogen and oxygen atoms in total. The van der Waals surface area contributed by atoms with Crippen LogP contribution in [0.5, 0.6) is 5.75 Å². The van der Waals surface area contributed by atoms with Crippen molar-refractivity contribution in [1.82, 2.24) is 19.7 Å². The van der Waals surface area contributed by atoms with Gasteiger partial charge in [0.1, 0.15) is 17.3 Å². The number of ether oxygens (including phenoxy) is 1. The fourth-order valence-electron chi connectivity index (χ4n) is 6.20. The van der Waals surface area contributed by atoms with Crippen LogP contribution in [0.2, 0.25) is 0 Å². The second-order valence-corrected chi connectivity index (χ2v) is 12.1. The third-order valence-electron chi connectivity index (χ3n) is 8.38. The minimum atomic E-state index is -1.04. The molecule has 1 aliphatic rings. The minimum absolute atomic E-state index is 0.219. The van der Waals surface area contributed by atoms with Gasteiger partial charge in [0.15, 0.2) is 16.8 Å². The molecular formula is C34H28F2N6O4S. The number of halogens is 2. The number of fused-ring (bicyclic) bond motifs is 1. The number of aryl methyl sites for hydroxylation is 2. The number of methoxy groups -OCH3 is 1. The van der Waals surface area contributed by atoms with Crippen LogP contribution >= 0.6 is 11.3 Å². The molecule has 0 aliphatic carbocycles. The third-order valence-corrected chi connectivity index (χ3v) is 9.20. The maximum Gasteiger partial charge on any atom is 0.252 e. The van der Waals surface area contributed by atoms with Crippen molar-refractivity contribution >= 4 is 39.9 Å². The van der Waals surface area contributed by atoms with Gasteiger partial charge in [0.05, 0.1) is 41.1 Å². The lowest BCUT2D eigenvalue weighted by Gasteiger charge is -2.35. The van der Waals surface area contributed by atoms with Gasteiger partial charge in [0.2, 0.25) is 5.91 Å². The van der Waals surface area contributed by atoms with E-state index < -0.39 is 23.6 Å². The molecule has 13 heteroatoms. The van der Waals surface area contributed by atoms with Crippen molar-refractivity contribution in [3.05, 3.63) is 94.5 Å². The molecule has 238 valence electrons. The van der Waals surface area contributed by atoms with Gasteiger partial charge in [-0.1, -0.05) is 17.3 Å². The lowest BCUT2D eigenvalue weighted by Crippen LogP contribution is -2.39. The van der Waals surface area contributed by atoms with Crippen LogP contribution in [0, 0.1) is 25.5 Å². The molecule has 6 aromatic rings. The Balaban J connectivity index is 1.41. The Morgan fingerprint density at radius 3 is 2.57 bits per heavy atom. The average molecular weight is 655 g/mol. The van der Waals surface area contributed by atoms with Gasteiger partial charge in [-0.3, -0.25) is 14.2 Å². The summed E-state index contributed by atoms with van der Waals surface area (Å²) in [5.74, 6) is -1.34. The van der Waals surface area contributed by atoms with Crippen molar-refractivity contribution < 1.29 is 27.6 Å². The number of primary amides is 1. The van der Waals surface area contributed by atoms with Crippen LogP contribution in [0.25, 0.3) is 38.5 Å². The van der Waals surface area contributed by atoms with Crippen LogP contribution in [0.1, 0.15) is 52.9 Å². The number of rotatable bonds is 7. The number of nitrogens with two attached hydrogens (primary N) is 1. The molecule has 2 amide bonds. The molecule has 2 N–H and O–H groups in total. The SMILES string of the molecule is COc1cc(-c2csc(-n3c([C@@H]4CCCC(=O)N4c4ccc(F)c(F)c4)nc4cc(-c5c(C)noc5C)ccc43)n2)ccc1C(N)=O. The number of thiazole rings is 1. The van der Waals surface area contributed by atoms with E-state index in [1.54, 1.807) is 18.2 Å². The fourth-order valence-corrected chi connectivity index (χ4v) is 7.06. The molecule has 7 rings (SSSR count). The van der Waals surface area contributed by atoms with Crippen LogP contribution in [-0.4, -0.2) is 38.6 Å². The molecule has 1 atom stereocenters. The summed E-state index contributed by atoms with van der Waals surface area (Å²) in [6.07, 6.45) is 1.39. The van der Waals surface area contributed by atoms with Crippen LogP contribution in [0.3, 0.4) is 0 Å². The number of anilines is 1. The number of nitrogens with zero attached hydrogens (tertiary/aromatic N) is 5. The topological polar surface area (TPSA) is 129 Å². The summed E-state index contributed by atoms with van der Waals surface area (Å²) in [7, 11) is 1.46. The van der Waals surface area contributed by atoms with Crippen LogP contribution in [-0.2, 0) is 4.79 Å². The highest BCUT2D eigenvalue weighted by Gasteiger charge is 2.35. The molecule has 3 aromatic carbocycles. The average Bonchev–Trinajstić information content (AvgIpc) is 3.78. The van der Waals surface area contributed by atoms with Gasteiger partial charge in [-0.15, -0.1) is 11.3 Å². The number of amides is 2. The first-order valence-electron chi connectivity index (χ1n) is 14.8. The summed E-state index contributed by atoms with van der Waals surface area (Å²) in [5, 5.41) is 6.54. The number of carbonyl (C=O) groups excluding carboxylic acids is 2. The first kappa shape index (κ1) is 30.2. The Labute approximate surface area is 271 Å². The summed E-state index contributed by atoms with van der Waals surface area (Å²) in [4.78, 5) is 36.8. The van der Waals surface area contributed by atoms with Crippen molar-refractivity contribution in [3.8, 4) is 33.3 Å². The van der Waals surface area contributed by atoms with Crippen molar-refractivity contribution in [3.63, 3.8) is 0 Å². The normalized spacial score (nSPS) is 15.0. The Bertz CT molecular complexity index is 2190. The summed E-state index contributed by atoms with van der Waals surface area (Å²) in [5.41, 5.74) is 11.2. The quantitative estimate of drug-likeness (QED) is 0.195. The predicted octanol–water partition coefficient (Wildman–Crippen LogP) is 7.06. The summed E-state index contributed by atoms with van der Waals surface area (Å²) < 4.78 is 41.1. The van der Waals surface area contributed by atoms with Crippen LogP contribution in [0.4, 0.5) is 14.5 Å². The van der Waals surface area contributed by atoms with E-state index in [9.17, 15) is 18.4 Å². The number of imidazole rings is 1. The number of benzene rings is 3. The smallest absolute Gasteiger partial charge is 0.252 e. The van der Waals surface area contributed by atoms with E-state index in [2.05, 4.69) is 5.16 Å². The molecule has 0 saturated carbocycles. The standard InChI is InChI=1S/C34H28F2N6O4S/c1-17-31(18(2)46-40-17)20-8-12-27-25(13-20)38-33(28-5-4-6-30(43)41(28)21-9-11-23(35)24(36)15-21)42(27)34-39-26(16-47-34)19-7-10-22(32(37)44)29(14-19)45-3/h7-16,28H,4-6H2,1-3H3,(H2,37,44)/t28-/m0/s1. The first-order chi connectivity index (χ1) is 22.6. The number of hydrogen-bond donors (Lipinski definition) is 1. The molecule has 1 aliphatic heterocycles. The van der Waals surface area contributed by atoms with E-state index in [0.717, 1.165) is 34.5 Å². The van der Waals surface area contributed by atoms with Gasteiger partial charge in [0.25, 0.3) is 5.91 Å². The first-order valence-corrected chi connectivity index (χ1v) is 15.7. The van der Waals surface area contributed by atoms with Gasteiger partial charge in [0, 0.05) is 34.7 Å². The molecule has 0 unspecified atom stereocenters. The van der Waals surface area contributed by atoms with Crippen molar-refractivity contribution in [2.45, 2.75) is 39.2 Å². The maximum atomic E-state index is 14.4. The van der Waals surface area contributed by atoms with Gasteiger partial charge in [-0.25, -0.2) is 18.7 Å². The van der Waals surface area contributed by atoms with E-state index in [0.29, 0.717) is 52.1 Å². The number of hydrogen-bond acceptors (Lipinski definition) is 8. The zero-order valence-electron chi connectivity index (χ0n) is 25.6. The molecule has 1 fully saturated rings. The number of piperidine rings is 1. The monoisotopic (exact) mass is 654 g/mol. The van der Waals surface area contributed by atoms with Gasteiger partial charge in [-0.05, 0) is 68.7 Å². The Morgan fingerprint density at radius 1 is 1.04 bits per heavy atom. The Hall–Kier alpha value is -5.43. The van der Waals surface area contributed by atoms with Gasteiger partial charge < -0.3 is 19.9 Å².